The van der Waals surface area contributed by atoms with Gasteiger partial charge in [0, 0.05) is 17.3 Å². The first kappa shape index (κ1) is 21.4. The summed E-state index contributed by atoms with van der Waals surface area (Å²) in [6.07, 6.45) is 0.753. The normalized spacial score (nSPS) is 13.2. The van der Waals surface area contributed by atoms with Gasteiger partial charge >= 0.3 is 0 Å². The summed E-state index contributed by atoms with van der Waals surface area (Å²) in [5, 5.41) is 0.406. The van der Waals surface area contributed by atoms with Crippen LogP contribution in [-0.4, -0.2) is 27.4 Å². The van der Waals surface area contributed by atoms with Gasteiger partial charge in [0.2, 0.25) is 5.91 Å². The predicted molar refractivity (Wildman–Crippen MR) is 124 cm³/mol. The first-order valence-electron chi connectivity index (χ1n) is 10.0. The fourth-order valence-electron chi connectivity index (χ4n) is 3.79. The van der Waals surface area contributed by atoms with Crippen LogP contribution in [-0.2, 0) is 21.2 Å². The van der Waals surface area contributed by atoms with Crippen molar-refractivity contribution < 1.29 is 13.2 Å². The Bertz CT molecular complexity index is 1240. The zero-order valence-electron chi connectivity index (χ0n) is 17.4. The van der Waals surface area contributed by atoms with Gasteiger partial charge in [0.15, 0.2) is 0 Å². The summed E-state index contributed by atoms with van der Waals surface area (Å²) in [6.45, 7) is 3.92. The molecule has 1 amide bonds. The van der Waals surface area contributed by atoms with Gasteiger partial charge in [-0.15, -0.1) is 0 Å². The molecule has 31 heavy (non-hydrogen) atoms. The number of carbonyl (C=O) groups is 1. The van der Waals surface area contributed by atoms with Crippen LogP contribution in [0, 0.1) is 13.8 Å². The van der Waals surface area contributed by atoms with Crippen LogP contribution in [0.1, 0.15) is 16.7 Å². The molecule has 0 unspecified atom stereocenters. The van der Waals surface area contributed by atoms with Gasteiger partial charge in [0.25, 0.3) is 10.0 Å². The molecule has 0 bridgehead atoms. The molecule has 7 heteroatoms. The van der Waals surface area contributed by atoms with Crippen LogP contribution in [0.5, 0.6) is 0 Å². The van der Waals surface area contributed by atoms with Crippen LogP contribution >= 0.6 is 11.6 Å². The molecular weight excluding hydrogens is 432 g/mol. The van der Waals surface area contributed by atoms with Crippen LogP contribution in [0.3, 0.4) is 0 Å². The third-order valence-corrected chi connectivity index (χ3v) is 7.52. The van der Waals surface area contributed by atoms with E-state index in [0.29, 0.717) is 17.3 Å². The van der Waals surface area contributed by atoms with Crippen LogP contribution in [0.4, 0.5) is 11.4 Å². The van der Waals surface area contributed by atoms with Crippen LogP contribution in [0.25, 0.3) is 0 Å². The second-order valence-electron chi connectivity index (χ2n) is 7.68. The zero-order valence-corrected chi connectivity index (χ0v) is 18.9. The first-order chi connectivity index (χ1) is 14.8. The number of rotatable bonds is 5. The Balaban J connectivity index is 1.75. The topological polar surface area (TPSA) is 57.7 Å². The minimum Gasteiger partial charge on any atom is -0.310 e. The molecule has 0 aliphatic carbocycles. The highest BCUT2D eigenvalue weighted by Gasteiger charge is 2.32. The number of aryl methyl sites for hydroxylation is 2. The number of amides is 1. The lowest BCUT2D eigenvalue weighted by Crippen LogP contribution is -2.43. The highest BCUT2D eigenvalue weighted by molar-refractivity contribution is 7.92. The number of carbonyl (C=O) groups excluding carboxylic acids is 1. The van der Waals surface area contributed by atoms with E-state index in [1.807, 2.05) is 31.2 Å². The maximum atomic E-state index is 13.6. The summed E-state index contributed by atoms with van der Waals surface area (Å²) < 4.78 is 28.4. The number of nitrogens with zero attached hydrogens (tertiary/aromatic N) is 2. The Morgan fingerprint density at radius 1 is 1.03 bits per heavy atom. The summed E-state index contributed by atoms with van der Waals surface area (Å²) in [5.41, 5.74) is 3.99. The third kappa shape index (κ3) is 4.18. The molecule has 0 atom stereocenters. The predicted octanol–water partition coefficient (Wildman–Crippen LogP) is 4.74. The highest BCUT2D eigenvalue weighted by atomic mass is 35.5. The fourth-order valence-corrected chi connectivity index (χ4v) is 5.43. The Morgan fingerprint density at radius 2 is 1.74 bits per heavy atom. The molecule has 3 aromatic rings. The van der Waals surface area contributed by atoms with Gasteiger partial charge in [0.05, 0.1) is 10.6 Å². The molecule has 0 aromatic heterocycles. The van der Waals surface area contributed by atoms with Crippen molar-refractivity contribution in [2.45, 2.75) is 25.2 Å². The van der Waals surface area contributed by atoms with E-state index >= 15 is 0 Å². The summed E-state index contributed by atoms with van der Waals surface area (Å²) >= 11 is 6.19. The number of hydrogen-bond acceptors (Lipinski definition) is 3. The summed E-state index contributed by atoms with van der Waals surface area (Å²) in [6, 6.07) is 19.4. The lowest BCUT2D eigenvalue weighted by Gasteiger charge is -2.28. The van der Waals surface area contributed by atoms with E-state index in [-0.39, 0.29) is 17.3 Å². The number of para-hydroxylation sites is 1. The maximum absolute atomic E-state index is 13.6. The minimum atomic E-state index is -3.98. The second-order valence-corrected chi connectivity index (χ2v) is 9.98. The number of sulfonamides is 1. The smallest absolute Gasteiger partial charge is 0.264 e. The van der Waals surface area contributed by atoms with E-state index in [1.54, 1.807) is 54.3 Å². The average Bonchev–Trinajstić information content (AvgIpc) is 3.18. The van der Waals surface area contributed by atoms with Crippen molar-refractivity contribution in [1.29, 1.82) is 0 Å². The van der Waals surface area contributed by atoms with Crippen molar-refractivity contribution in [3.05, 3.63) is 88.4 Å². The van der Waals surface area contributed by atoms with Crippen LogP contribution in [0.2, 0.25) is 5.02 Å². The van der Waals surface area contributed by atoms with Gasteiger partial charge in [-0.05, 0) is 61.7 Å². The summed E-state index contributed by atoms with van der Waals surface area (Å²) in [4.78, 5) is 15.1. The average molecular weight is 455 g/mol. The first-order valence-corrected chi connectivity index (χ1v) is 11.8. The SMILES string of the molecule is Cc1ccc(S(=O)(=O)N(CC(=O)N2CCc3ccccc32)c2cc(Cl)ccc2C)cc1. The van der Waals surface area contributed by atoms with Gasteiger partial charge in [0.1, 0.15) is 6.54 Å². The molecule has 3 aromatic carbocycles. The number of anilines is 2. The van der Waals surface area contributed by atoms with E-state index in [0.717, 1.165) is 28.8 Å². The number of benzene rings is 3. The molecule has 1 heterocycles. The Labute approximate surface area is 187 Å². The van der Waals surface area contributed by atoms with Gasteiger partial charge in [-0.25, -0.2) is 8.42 Å². The molecule has 0 radical (unpaired) electrons. The molecular formula is C24H23ClN2O3S. The summed E-state index contributed by atoms with van der Waals surface area (Å²) in [7, 11) is -3.98. The Hall–Kier alpha value is -2.83. The molecule has 1 aliphatic heterocycles. The summed E-state index contributed by atoms with van der Waals surface area (Å²) in [5.74, 6) is -0.278. The van der Waals surface area contributed by atoms with E-state index < -0.39 is 10.0 Å². The molecule has 0 saturated carbocycles. The van der Waals surface area contributed by atoms with Gasteiger partial charge in [-0.1, -0.05) is 53.6 Å². The standard InChI is InChI=1S/C24H23ClN2O3S/c1-17-7-11-21(12-8-17)31(29,30)27(23-15-20(25)10-9-18(23)2)16-24(28)26-14-13-19-5-3-4-6-22(19)26/h3-12,15H,13-14,16H2,1-2H3. The van der Waals surface area contributed by atoms with Crippen molar-refractivity contribution in [1.82, 2.24) is 0 Å². The van der Waals surface area contributed by atoms with Gasteiger partial charge in [-0.2, -0.15) is 0 Å². The molecule has 5 nitrogen and oxygen atoms in total. The molecule has 0 N–H and O–H groups in total. The van der Waals surface area contributed by atoms with E-state index in [4.69, 9.17) is 11.6 Å². The quantitative estimate of drug-likeness (QED) is 0.559. The number of halogens is 1. The number of hydrogen-bond donors (Lipinski definition) is 0. The lowest BCUT2D eigenvalue weighted by molar-refractivity contribution is -0.117. The molecule has 4 rings (SSSR count). The highest BCUT2D eigenvalue weighted by Crippen LogP contribution is 2.32. The molecule has 0 spiro atoms. The second kappa shape index (κ2) is 8.36. The molecule has 1 aliphatic rings. The van der Waals surface area contributed by atoms with Crippen molar-refractivity contribution >= 4 is 38.9 Å². The minimum absolute atomic E-state index is 0.132. The van der Waals surface area contributed by atoms with E-state index in [2.05, 4.69) is 0 Å². The van der Waals surface area contributed by atoms with Crippen molar-refractivity contribution in [2.24, 2.45) is 0 Å². The van der Waals surface area contributed by atoms with Gasteiger partial charge in [-0.3, -0.25) is 9.10 Å². The van der Waals surface area contributed by atoms with Crippen molar-refractivity contribution in [2.75, 3.05) is 22.3 Å². The molecule has 0 saturated heterocycles. The van der Waals surface area contributed by atoms with E-state index in [1.165, 1.54) is 4.31 Å². The number of fused-ring (bicyclic) bond motifs is 1. The Morgan fingerprint density at radius 3 is 2.48 bits per heavy atom. The monoisotopic (exact) mass is 454 g/mol. The van der Waals surface area contributed by atoms with Crippen molar-refractivity contribution in [3.63, 3.8) is 0 Å². The molecule has 0 fully saturated rings. The molecule has 160 valence electrons. The Kier molecular flexibility index (Phi) is 5.77. The third-order valence-electron chi connectivity index (χ3n) is 5.52. The fraction of sp³-hybridized carbons (Fsp3) is 0.208. The largest absolute Gasteiger partial charge is 0.310 e. The van der Waals surface area contributed by atoms with Crippen LogP contribution in [0.15, 0.2) is 71.6 Å². The van der Waals surface area contributed by atoms with Gasteiger partial charge < -0.3 is 4.90 Å². The van der Waals surface area contributed by atoms with E-state index in [9.17, 15) is 13.2 Å². The lowest BCUT2D eigenvalue weighted by atomic mass is 10.2. The zero-order chi connectivity index (χ0) is 22.2. The van der Waals surface area contributed by atoms with Crippen LogP contribution < -0.4 is 9.21 Å². The van der Waals surface area contributed by atoms with Crippen molar-refractivity contribution in [3.8, 4) is 0 Å². The maximum Gasteiger partial charge on any atom is 0.264 e.